The summed E-state index contributed by atoms with van der Waals surface area (Å²) in [7, 11) is 0. The zero-order valence-corrected chi connectivity index (χ0v) is 17.8. The molecule has 6 heteroatoms. The minimum Gasteiger partial charge on any atom is -0.342 e. The highest BCUT2D eigenvalue weighted by Crippen LogP contribution is 2.40. The summed E-state index contributed by atoms with van der Waals surface area (Å²) in [5, 5.41) is 9.43. The molecule has 0 radical (unpaired) electrons. The Balaban J connectivity index is 1.39. The Bertz CT molecular complexity index is 923. The minimum atomic E-state index is 0.0244. The van der Waals surface area contributed by atoms with Gasteiger partial charge in [-0.15, -0.1) is 10.2 Å². The summed E-state index contributed by atoms with van der Waals surface area (Å²) in [5.41, 5.74) is 2.96. The first-order valence-electron chi connectivity index (χ1n) is 11.0. The van der Waals surface area contributed by atoms with Crippen LogP contribution in [0.4, 0.5) is 5.95 Å². The number of carbonyl (C=O) groups excluding carboxylic acids is 1. The monoisotopic (exact) mass is 393 g/mol. The van der Waals surface area contributed by atoms with Crippen molar-refractivity contribution in [2.45, 2.75) is 52.0 Å². The molecule has 154 valence electrons. The molecule has 6 nitrogen and oxygen atoms in total. The zero-order valence-electron chi connectivity index (χ0n) is 17.8. The van der Waals surface area contributed by atoms with Crippen LogP contribution >= 0.6 is 0 Å². The fourth-order valence-corrected chi connectivity index (χ4v) is 5.76. The predicted molar refractivity (Wildman–Crippen MR) is 113 cm³/mol. The van der Waals surface area contributed by atoms with E-state index >= 15 is 0 Å². The smallest absolute Gasteiger partial charge is 0.227 e. The van der Waals surface area contributed by atoms with E-state index in [1.807, 2.05) is 4.90 Å². The molecule has 1 aromatic carbocycles. The number of aryl methyl sites for hydroxylation is 1. The maximum atomic E-state index is 11.7. The first kappa shape index (κ1) is 18.6. The first-order chi connectivity index (χ1) is 14.0. The van der Waals surface area contributed by atoms with E-state index in [4.69, 9.17) is 5.10 Å². The number of nitrogens with zero attached hydrogens (tertiary/aromatic N) is 5. The van der Waals surface area contributed by atoms with Gasteiger partial charge in [0.25, 0.3) is 0 Å². The van der Waals surface area contributed by atoms with E-state index in [2.05, 4.69) is 52.7 Å². The molecule has 2 aliphatic heterocycles. The third-order valence-electron chi connectivity index (χ3n) is 7.45. The molecule has 1 amide bonds. The molecule has 2 fully saturated rings. The van der Waals surface area contributed by atoms with E-state index in [1.165, 1.54) is 11.1 Å². The van der Waals surface area contributed by atoms with Crippen LogP contribution in [0.15, 0.2) is 24.3 Å². The van der Waals surface area contributed by atoms with Crippen LogP contribution in [-0.2, 0) is 29.6 Å². The average molecular weight is 394 g/mol. The van der Waals surface area contributed by atoms with Crippen LogP contribution < -0.4 is 4.90 Å². The lowest BCUT2D eigenvalue weighted by Gasteiger charge is -2.34. The van der Waals surface area contributed by atoms with Crippen LogP contribution in [0.5, 0.6) is 0 Å². The summed E-state index contributed by atoms with van der Waals surface area (Å²) in [6.07, 6.45) is 3.24. The molecule has 0 saturated carbocycles. The maximum absolute atomic E-state index is 11.7. The van der Waals surface area contributed by atoms with E-state index in [0.29, 0.717) is 11.8 Å². The molecule has 1 aliphatic carbocycles. The topological polar surface area (TPSA) is 54.3 Å². The molecule has 0 spiro atoms. The van der Waals surface area contributed by atoms with Gasteiger partial charge < -0.3 is 9.80 Å². The van der Waals surface area contributed by atoms with Gasteiger partial charge in [-0.25, -0.2) is 0 Å². The second-order valence-corrected chi connectivity index (χ2v) is 9.42. The third-order valence-corrected chi connectivity index (χ3v) is 7.45. The number of likely N-dealkylation sites (tertiary alicyclic amines) is 1. The van der Waals surface area contributed by atoms with E-state index in [0.717, 1.165) is 63.8 Å². The lowest BCUT2D eigenvalue weighted by molar-refractivity contribution is -0.128. The van der Waals surface area contributed by atoms with E-state index in [1.54, 1.807) is 6.92 Å². The number of anilines is 1. The molecular weight excluding hydrogens is 362 g/mol. The van der Waals surface area contributed by atoms with Crippen LogP contribution in [0.3, 0.4) is 0 Å². The Labute approximate surface area is 172 Å². The highest BCUT2D eigenvalue weighted by molar-refractivity contribution is 5.73. The van der Waals surface area contributed by atoms with Crippen molar-refractivity contribution in [2.75, 3.05) is 31.1 Å². The standard InChI is InChI=1S/C23H31N5O/c1-4-28-21(23(3)10-9-17-7-5-6-8-18(17)11-23)24-25-22(28)27-14-19-12-26(16(2)29)13-20(19)15-27/h5-8,19-20H,4,9-15H2,1-3H3/t19-,20+,23?. The van der Waals surface area contributed by atoms with E-state index in [9.17, 15) is 4.79 Å². The van der Waals surface area contributed by atoms with Crippen LogP contribution in [0.25, 0.3) is 0 Å². The lowest BCUT2D eigenvalue weighted by Crippen LogP contribution is -2.35. The number of carbonyl (C=O) groups is 1. The average Bonchev–Trinajstić information content (AvgIpc) is 3.40. The number of hydrogen-bond donors (Lipinski definition) is 0. The van der Waals surface area contributed by atoms with Crippen LogP contribution in [0, 0.1) is 11.8 Å². The maximum Gasteiger partial charge on any atom is 0.227 e. The summed E-state index contributed by atoms with van der Waals surface area (Å²) >= 11 is 0. The van der Waals surface area contributed by atoms with Gasteiger partial charge in [-0.2, -0.15) is 0 Å². The molecule has 0 bridgehead atoms. The van der Waals surface area contributed by atoms with Gasteiger partial charge in [0.15, 0.2) is 0 Å². The Morgan fingerprint density at radius 3 is 2.45 bits per heavy atom. The van der Waals surface area contributed by atoms with E-state index in [-0.39, 0.29) is 11.3 Å². The van der Waals surface area contributed by atoms with Gasteiger partial charge in [-0.05, 0) is 37.3 Å². The molecule has 29 heavy (non-hydrogen) atoms. The zero-order chi connectivity index (χ0) is 20.2. The van der Waals surface area contributed by atoms with Gasteiger partial charge in [0.2, 0.25) is 11.9 Å². The van der Waals surface area contributed by atoms with Gasteiger partial charge in [-0.3, -0.25) is 9.36 Å². The van der Waals surface area contributed by atoms with Crippen LogP contribution in [0.2, 0.25) is 0 Å². The summed E-state index contributed by atoms with van der Waals surface area (Å²) in [4.78, 5) is 16.1. The fraction of sp³-hybridized carbons (Fsp3) is 0.609. The lowest BCUT2D eigenvalue weighted by atomic mass is 9.72. The van der Waals surface area contributed by atoms with Crippen molar-refractivity contribution < 1.29 is 4.79 Å². The Morgan fingerprint density at radius 2 is 1.79 bits per heavy atom. The Kier molecular flexibility index (Phi) is 4.41. The van der Waals surface area contributed by atoms with Crippen LogP contribution in [-0.4, -0.2) is 51.8 Å². The highest BCUT2D eigenvalue weighted by atomic mass is 16.2. The Morgan fingerprint density at radius 1 is 1.10 bits per heavy atom. The molecule has 3 atom stereocenters. The number of rotatable bonds is 3. The summed E-state index contributed by atoms with van der Waals surface area (Å²) in [6, 6.07) is 8.82. The predicted octanol–water partition coefficient (Wildman–Crippen LogP) is 2.66. The van der Waals surface area contributed by atoms with Gasteiger partial charge in [0.1, 0.15) is 5.82 Å². The molecule has 2 aromatic rings. The minimum absolute atomic E-state index is 0.0244. The summed E-state index contributed by atoms with van der Waals surface area (Å²) in [6.45, 7) is 10.9. The van der Waals surface area contributed by atoms with Gasteiger partial charge >= 0.3 is 0 Å². The van der Waals surface area contributed by atoms with Crippen molar-refractivity contribution in [1.29, 1.82) is 0 Å². The van der Waals surface area contributed by atoms with Crippen molar-refractivity contribution in [1.82, 2.24) is 19.7 Å². The second kappa shape index (κ2) is 6.85. The quantitative estimate of drug-likeness (QED) is 0.805. The fourth-order valence-electron chi connectivity index (χ4n) is 5.76. The molecule has 0 N–H and O–H groups in total. The van der Waals surface area contributed by atoms with Crippen molar-refractivity contribution in [2.24, 2.45) is 11.8 Å². The third kappa shape index (κ3) is 3.04. The number of fused-ring (bicyclic) bond motifs is 2. The molecule has 3 heterocycles. The van der Waals surface area contributed by atoms with Gasteiger partial charge in [0, 0.05) is 56.9 Å². The molecule has 3 aliphatic rings. The SMILES string of the molecule is CCn1c(N2C[C@H]3CN(C(C)=O)C[C@H]3C2)nnc1C1(C)CCc2ccccc2C1. The Hall–Kier alpha value is -2.37. The normalized spacial score (nSPS) is 28.5. The number of amides is 1. The van der Waals surface area contributed by atoms with Crippen molar-refractivity contribution in [3.05, 3.63) is 41.2 Å². The van der Waals surface area contributed by atoms with Gasteiger partial charge in [-0.1, -0.05) is 31.2 Å². The number of benzene rings is 1. The summed E-state index contributed by atoms with van der Waals surface area (Å²) < 4.78 is 2.34. The van der Waals surface area contributed by atoms with E-state index < -0.39 is 0 Å². The van der Waals surface area contributed by atoms with Crippen molar-refractivity contribution >= 4 is 11.9 Å². The largest absolute Gasteiger partial charge is 0.342 e. The van der Waals surface area contributed by atoms with Crippen LogP contribution in [0.1, 0.15) is 44.1 Å². The number of hydrogen-bond acceptors (Lipinski definition) is 4. The molecule has 2 saturated heterocycles. The highest BCUT2D eigenvalue weighted by Gasteiger charge is 2.43. The first-order valence-corrected chi connectivity index (χ1v) is 11.0. The number of aromatic nitrogens is 3. The summed E-state index contributed by atoms with van der Waals surface area (Å²) in [5.74, 6) is 3.47. The van der Waals surface area contributed by atoms with Crippen molar-refractivity contribution in [3.63, 3.8) is 0 Å². The molecule has 5 rings (SSSR count). The molecule has 1 unspecified atom stereocenters. The van der Waals surface area contributed by atoms with Gasteiger partial charge in [0.05, 0.1) is 0 Å². The second-order valence-electron chi connectivity index (χ2n) is 9.42. The molecule has 1 aromatic heterocycles. The molecular formula is C23H31N5O. The van der Waals surface area contributed by atoms with Crippen molar-refractivity contribution in [3.8, 4) is 0 Å².